The Hall–Kier alpha value is -3.67. The standard InChI is InChI=1S/C26H28N2O4/c1-17-24(19-10-7-11-20(14-19)30-2)27-23-13-12-21(31-3)15-22(23)25(17)28-26(29)32-16-18-8-5-4-6-9-18/h4-15,17,24-25,27H,16H2,1-3H3,(H,28,29)/t17-,24+,25+/m1/s1. The zero-order valence-corrected chi connectivity index (χ0v) is 18.5. The highest BCUT2D eigenvalue weighted by Crippen LogP contribution is 2.44. The molecule has 166 valence electrons. The third-order valence-corrected chi connectivity index (χ3v) is 5.90. The van der Waals surface area contributed by atoms with Gasteiger partial charge < -0.3 is 24.8 Å². The first-order valence-corrected chi connectivity index (χ1v) is 10.6. The Morgan fingerprint density at radius 3 is 2.44 bits per heavy atom. The summed E-state index contributed by atoms with van der Waals surface area (Å²) in [6.07, 6.45) is -0.453. The summed E-state index contributed by atoms with van der Waals surface area (Å²) in [5.41, 5.74) is 3.94. The van der Waals surface area contributed by atoms with Gasteiger partial charge in [0.2, 0.25) is 0 Å². The van der Waals surface area contributed by atoms with Crippen LogP contribution in [0.1, 0.15) is 35.7 Å². The van der Waals surface area contributed by atoms with Gasteiger partial charge in [0.25, 0.3) is 0 Å². The number of anilines is 1. The van der Waals surface area contributed by atoms with Gasteiger partial charge in [-0.15, -0.1) is 0 Å². The second-order valence-electron chi connectivity index (χ2n) is 7.89. The van der Waals surface area contributed by atoms with E-state index in [0.717, 1.165) is 33.9 Å². The van der Waals surface area contributed by atoms with Crippen LogP contribution in [-0.4, -0.2) is 20.3 Å². The van der Waals surface area contributed by atoms with E-state index < -0.39 is 6.09 Å². The number of alkyl carbamates (subject to hydrolysis) is 1. The van der Waals surface area contributed by atoms with Crippen LogP contribution in [0.15, 0.2) is 72.8 Å². The molecular formula is C26H28N2O4. The van der Waals surface area contributed by atoms with Crippen LogP contribution in [0.3, 0.4) is 0 Å². The Labute approximate surface area is 188 Å². The fraction of sp³-hybridized carbons (Fsp3) is 0.269. The van der Waals surface area contributed by atoms with Gasteiger partial charge in [0, 0.05) is 17.2 Å². The minimum atomic E-state index is -0.453. The maximum atomic E-state index is 12.7. The Bertz CT molecular complexity index is 1070. The van der Waals surface area contributed by atoms with Gasteiger partial charge in [-0.1, -0.05) is 49.4 Å². The smallest absolute Gasteiger partial charge is 0.407 e. The number of rotatable bonds is 6. The minimum absolute atomic E-state index is 0.0228. The van der Waals surface area contributed by atoms with Crippen molar-refractivity contribution in [1.82, 2.24) is 5.32 Å². The minimum Gasteiger partial charge on any atom is -0.497 e. The lowest BCUT2D eigenvalue weighted by Gasteiger charge is -2.39. The Morgan fingerprint density at radius 1 is 0.938 bits per heavy atom. The zero-order chi connectivity index (χ0) is 22.5. The average molecular weight is 433 g/mol. The maximum absolute atomic E-state index is 12.7. The lowest BCUT2D eigenvalue weighted by Crippen LogP contribution is -2.40. The summed E-state index contributed by atoms with van der Waals surface area (Å²) in [6, 6.07) is 23.2. The predicted octanol–water partition coefficient (Wildman–Crippen LogP) is 5.47. The molecule has 0 spiro atoms. The lowest BCUT2D eigenvalue weighted by atomic mass is 9.80. The van der Waals surface area contributed by atoms with Crippen LogP contribution in [0.25, 0.3) is 0 Å². The van der Waals surface area contributed by atoms with Gasteiger partial charge in [-0.05, 0) is 41.5 Å². The van der Waals surface area contributed by atoms with E-state index >= 15 is 0 Å². The number of nitrogens with one attached hydrogen (secondary N) is 2. The molecule has 0 unspecified atom stereocenters. The molecule has 1 aliphatic rings. The summed E-state index contributed by atoms with van der Waals surface area (Å²) in [7, 11) is 3.29. The number of hydrogen-bond donors (Lipinski definition) is 2. The van der Waals surface area contributed by atoms with E-state index in [9.17, 15) is 4.79 Å². The molecule has 32 heavy (non-hydrogen) atoms. The van der Waals surface area contributed by atoms with Crippen molar-refractivity contribution in [2.75, 3.05) is 19.5 Å². The van der Waals surface area contributed by atoms with Crippen molar-refractivity contribution in [2.45, 2.75) is 25.6 Å². The third kappa shape index (κ3) is 4.64. The molecule has 3 aromatic carbocycles. The van der Waals surface area contributed by atoms with Gasteiger partial charge >= 0.3 is 6.09 Å². The van der Waals surface area contributed by atoms with Gasteiger partial charge in [0.05, 0.1) is 26.3 Å². The summed E-state index contributed by atoms with van der Waals surface area (Å²) in [5, 5.41) is 6.71. The molecule has 0 aliphatic carbocycles. The molecule has 6 heteroatoms. The summed E-state index contributed by atoms with van der Waals surface area (Å²) < 4.78 is 16.3. The van der Waals surface area contributed by atoms with E-state index in [2.05, 4.69) is 23.6 Å². The van der Waals surface area contributed by atoms with E-state index in [0.29, 0.717) is 0 Å². The molecule has 1 heterocycles. The van der Waals surface area contributed by atoms with E-state index in [1.165, 1.54) is 0 Å². The van der Waals surface area contributed by atoms with Crippen LogP contribution in [-0.2, 0) is 11.3 Å². The van der Waals surface area contributed by atoms with Crippen LogP contribution in [0, 0.1) is 5.92 Å². The van der Waals surface area contributed by atoms with Crippen molar-refractivity contribution in [3.63, 3.8) is 0 Å². The number of carbonyl (C=O) groups is 1. The quantitative estimate of drug-likeness (QED) is 0.540. The molecule has 0 aromatic heterocycles. The second kappa shape index (κ2) is 9.64. The van der Waals surface area contributed by atoms with Crippen molar-refractivity contribution >= 4 is 11.8 Å². The van der Waals surface area contributed by atoms with Crippen molar-refractivity contribution in [1.29, 1.82) is 0 Å². The Balaban J connectivity index is 1.60. The number of hydrogen-bond acceptors (Lipinski definition) is 5. The van der Waals surface area contributed by atoms with E-state index in [1.54, 1.807) is 14.2 Å². The Kier molecular flexibility index (Phi) is 6.50. The maximum Gasteiger partial charge on any atom is 0.407 e. The van der Waals surface area contributed by atoms with Crippen molar-refractivity contribution in [3.8, 4) is 11.5 Å². The number of carbonyl (C=O) groups excluding carboxylic acids is 1. The molecule has 4 rings (SSSR count). The molecule has 3 aromatic rings. The second-order valence-corrected chi connectivity index (χ2v) is 7.89. The number of methoxy groups -OCH3 is 2. The van der Waals surface area contributed by atoms with Crippen LogP contribution in [0.5, 0.6) is 11.5 Å². The fourth-order valence-corrected chi connectivity index (χ4v) is 4.15. The van der Waals surface area contributed by atoms with Gasteiger partial charge in [-0.3, -0.25) is 0 Å². The first-order chi connectivity index (χ1) is 15.6. The Morgan fingerprint density at radius 2 is 1.69 bits per heavy atom. The predicted molar refractivity (Wildman–Crippen MR) is 124 cm³/mol. The van der Waals surface area contributed by atoms with Gasteiger partial charge in [-0.25, -0.2) is 4.79 Å². The van der Waals surface area contributed by atoms with Crippen molar-refractivity contribution in [2.24, 2.45) is 5.92 Å². The highest BCUT2D eigenvalue weighted by molar-refractivity contribution is 5.70. The summed E-state index contributed by atoms with van der Waals surface area (Å²) in [6.45, 7) is 2.33. The fourth-order valence-electron chi connectivity index (χ4n) is 4.15. The molecule has 0 fully saturated rings. The van der Waals surface area contributed by atoms with Gasteiger partial charge in [-0.2, -0.15) is 0 Å². The third-order valence-electron chi connectivity index (χ3n) is 5.90. The molecule has 1 aliphatic heterocycles. The largest absolute Gasteiger partial charge is 0.497 e. The van der Waals surface area contributed by atoms with E-state index in [4.69, 9.17) is 14.2 Å². The van der Waals surface area contributed by atoms with Crippen LogP contribution >= 0.6 is 0 Å². The summed E-state index contributed by atoms with van der Waals surface area (Å²) >= 11 is 0. The highest BCUT2D eigenvalue weighted by Gasteiger charge is 2.36. The molecular weight excluding hydrogens is 404 g/mol. The molecule has 3 atom stereocenters. The monoisotopic (exact) mass is 432 g/mol. The highest BCUT2D eigenvalue weighted by atomic mass is 16.5. The van der Waals surface area contributed by atoms with Crippen molar-refractivity contribution in [3.05, 3.63) is 89.5 Å². The topological polar surface area (TPSA) is 68.8 Å². The molecule has 6 nitrogen and oxygen atoms in total. The number of amides is 1. The van der Waals surface area contributed by atoms with Crippen LogP contribution < -0.4 is 20.1 Å². The number of fused-ring (bicyclic) bond motifs is 1. The van der Waals surface area contributed by atoms with E-state index in [1.807, 2.05) is 66.7 Å². The molecule has 0 saturated carbocycles. The SMILES string of the molecule is COc1cccc([C@H]2Nc3ccc(OC)cc3[C@@H](NC(=O)OCc3ccccc3)[C@@H]2C)c1. The zero-order valence-electron chi connectivity index (χ0n) is 18.5. The van der Waals surface area contributed by atoms with Gasteiger partial charge in [0.15, 0.2) is 0 Å². The summed E-state index contributed by atoms with van der Waals surface area (Å²) in [4.78, 5) is 12.7. The first kappa shape index (κ1) is 21.6. The lowest BCUT2D eigenvalue weighted by molar-refractivity contribution is 0.130. The number of benzene rings is 3. The normalized spacial score (nSPS) is 19.3. The first-order valence-electron chi connectivity index (χ1n) is 10.6. The molecule has 0 bridgehead atoms. The molecule has 2 N–H and O–H groups in total. The van der Waals surface area contributed by atoms with Crippen molar-refractivity contribution < 1.29 is 19.0 Å². The number of ether oxygens (including phenoxy) is 3. The molecule has 0 saturated heterocycles. The van der Waals surface area contributed by atoms with E-state index in [-0.39, 0.29) is 24.6 Å². The molecule has 0 radical (unpaired) electrons. The van der Waals surface area contributed by atoms with Gasteiger partial charge in [0.1, 0.15) is 18.1 Å². The van der Waals surface area contributed by atoms with Crippen LogP contribution in [0.4, 0.5) is 10.5 Å². The summed E-state index contributed by atoms with van der Waals surface area (Å²) in [5.74, 6) is 1.57. The van der Waals surface area contributed by atoms with Crippen LogP contribution in [0.2, 0.25) is 0 Å². The average Bonchev–Trinajstić information content (AvgIpc) is 2.84. The molecule has 1 amide bonds.